The molecule has 1 heterocycles. The van der Waals surface area contributed by atoms with E-state index >= 15 is 0 Å². The molecule has 0 aliphatic heterocycles. The molecule has 0 fully saturated rings. The van der Waals surface area contributed by atoms with Crippen molar-refractivity contribution in [1.82, 2.24) is 4.57 Å². The quantitative estimate of drug-likeness (QED) is 0.105. The summed E-state index contributed by atoms with van der Waals surface area (Å²) in [5, 5.41) is 2.68. The van der Waals surface area contributed by atoms with Crippen LogP contribution in [0.2, 0.25) is 0 Å². The van der Waals surface area contributed by atoms with Gasteiger partial charge in [-0.3, -0.25) is 0 Å². The van der Waals surface area contributed by atoms with Crippen molar-refractivity contribution >= 4 is 38.9 Å². The van der Waals surface area contributed by atoms with Gasteiger partial charge in [-0.05, 0) is 163 Å². The van der Waals surface area contributed by atoms with Crippen LogP contribution in [-0.2, 0) is 18.3 Å². The Morgan fingerprint density at radius 2 is 0.753 bits per heavy atom. The highest BCUT2D eigenvalue weighted by molar-refractivity contribution is 6.10. The van der Waals surface area contributed by atoms with Crippen LogP contribution in [0.1, 0.15) is 60.1 Å². The molecule has 2 nitrogen and oxygen atoms in total. The molecule has 81 heavy (non-hydrogen) atoms. The number of nitrogens with zero attached hydrogens (tertiary/aromatic N) is 2. The van der Waals surface area contributed by atoms with Crippen molar-refractivity contribution < 1.29 is 0 Å². The Hall–Kier alpha value is -9.76. The average Bonchev–Trinajstić information content (AvgIpc) is 4.26. The third kappa shape index (κ3) is 8.76. The molecule has 0 N–H and O–H groups in total. The van der Waals surface area contributed by atoms with Gasteiger partial charge in [-0.2, -0.15) is 0 Å². The fourth-order valence-corrected chi connectivity index (χ4v) is 13.1. The summed E-state index contributed by atoms with van der Waals surface area (Å²) in [5.74, 6) is 0. The second-order valence-electron chi connectivity index (χ2n) is 21.8. The molecule has 13 aromatic rings. The van der Waals surface area contributed by atoms with Gasteiger partial charge in [0.2, 0.25) is 0 Å². The molecule has 0 unspecified atom stereocenters. The Kier molecular flexibility index (Phi) is 12.9. The molecule has 2 heteroatoms. The summed E-state index contributed by atoms with van der Waals surface area (Å²) >= 11 is 0. The monoisotopic (exact) mass is 1040 g/mol. The van der Waals surface area contributed by atoms with Crippen molar-refractivity contribution in [2.24, 2.45) is 0 Å². The minimum absolute atomic E-state index is 0.550. The van der Waals surface area contributed by atoms with Crippen molar-refractivity contribution in [1.29, 1.82) is 0 Å². The second-order valence-corrected chi connectivity index (χ2v) is 21.8. The number of aryl methyl sites for hydroxylation is 2. The van der Waals surface area contributed by atoms with E-state index in [0.717, 1.165) is 65.0 Å². The average molecular weight is 1040 g/mol. The number of hydrogen-bond acceptors (Lipinski definition) is 1. The second kappa shape index (κ2) is 21.1. The van der Waals surface area contributed by atoms with E-state index in [0.29, 0.717) is 0 Å². The number of rotatable bonds is 14. The molecule has 14 rings (SSSR count). The minimum atomic E-state index is -0.550. The molecule has 0 saturated carbocycles. The lowest BCUT2D eigenvalue weighted by molar-refractivity contribution is 0.768. The summed E-state index contributed by atoms with van der Waals surface area (Å²) in [4.78, 5) is 2.49. The molecule has 0 atom stereocenters. The normalized spacial score (nSPS) is 12.4. The van der Waals surface area contributed by atoms with Crippen LogP contribution in [0.15, 0.2) is 291 Å². The maximum Gasteiger partial charge on any atom is 0.0714 e. The van der Waals surface area contributed by atoms with E-state index in [1.807, 2.05) is 0 Å². The lowest BCUT2D eigenvalue weighted by Crippen LogP contribution is -2.28. The topological polar surface area (TPSA) is 8.17 Å². The first kappa shape index (κ1) is 49.5. The highest BCUT2D eigenvalue weighted by atomic mass is 15.1. The predicted octanol–water partition coefficient (Wildman–Crippen LogP) is 21.2. The molecule has 1 aliphatic rings. The zero-order valence-corrected chi connectivity index (χ0v) is 45.9. The number of hydrogen-bond donors (Lipinski definition) is 0. The maximum absolute atomic E-state index is 2.49. The van der Waals surface area contributed by atoms with E-state index in [-0.39, 0.29) is 0 Å². The lowest BCUT2D eigenvalue weighted by atomic mass is 9.67. The first-order valence-corrected chi connectivity index (χ1v) is 28.8. The smallest absolute Gasteiger partial charge is 0.0714 e. The molecule has 0 saturated heterocycles. The van der Waals surface area contributed by atoms with E-state index in [9.17, 15) is 0 Å². The molecule has 1 aliphatic carbocycles. The highest BCUT2D eigenvalue weighted by Crippen LogP contribution is 2.57. The SMILES string of the molecule is CCCc1ccc2c(c1)c1cc(CCC)ccc1n2-c1ccc(-c2ccc(-c3ccc(N(c4ccc5c(c4)C(c4ccccc4)(c4ccccc4)c4ccccc4-5)c4cc(-c5ccccc5)ccc4-c4ccccc4)cc3)cc2)cc1. The van der Waals surface area contributed by atoms with Crippen LogP contribution >= 0.6 is 0 Å². The molecule has 12 aromatic carbocycles. The Morgan fingerprint density at radius 3 is 1.31 bits per heavy atom. The maximum atomic E-state index is 2.49. The van der Waals surface area contributed by atoms with E-state index < -0.39 is 5.41 Å². The lowest BCUT2D eigenvalue weighted by Gasteiger charge is -2.35. The summed E-state index contributed by atoms with van der Waals surface area (Å²) in [6, 6.07) is 108. The van der Waals surface area contributed by atoms with Gasteiger partial charge < -0.3 is 9.47 Å². The summed E-state index contributed by atoms with van der Waals surface area (Å²) in [7, 11) is 0. The zero-order chi connectivity index (χ0) is 54.3. The van der Waals surface area contributed by atoms with Crippen molar-refractivity contribution in [3.05, 3.63) is 325 Å². The van der Waals surface area contributed by atoms with Gasteiger partial charge in [-0.25, -0.2) is 0 Å². The molecular weight excluding hydrogens is 977 g/mol. The number of anilines is 3. The summed E-state index contributed by atoms with van der Waals surface area (Å²) < 4.78 is 2.45. The molecule has 0 spiro atoms. The van der Waals surface area contributed by atoms with E-state index in [1.165, 1.54) is 94.3 Å². The van der Waals surface area contributed by atoms with Crippen LogP contribution in [-0.4, -0.2) is 4.57 Å². The summed E-state index contributed by atoms with van der Waals surface area (Å²) in [6.45, 7) is 4.52. The van der Waals surface area contributed by atoms with Crippen molar-refractivity contribution in [2.45, 2.75) is 44.9 Å². The van der Waals surface area contributed by atoms with Gasteiger partial charge in [-0.15, -0.1) is 0 Å². The van der Waals surface area contributed by atoms with Gasteiger partial charge in [0.05, 0.1) is 22.1 Å². The molecule has 0 amide bonds. The van der Waals surface area contributed by atoms with Crippen molar-refractivity contribution in [3.63, 3.8) is 0 Å². The van der Waals surface area contributed by atoms with Gasteiger partial charge in [0.15, 0.2) is 0 Å². The third-order valence-corrected chi connectivity index (χ3v) is 16.9. The zero-order valence-electron chi connectivity index (χ0n) is 45.9. The van der Waals surface area contributed by atoms with Crippen LogP contribution in [0.4, 0.5) is 17.1 Å². The van der Waals surface area contributed by atoms with Crippen molar-refractivity contribution in [3.8, 4) is 61.3 Å². The third-order valence-electron chi connectivity index (χ3n) is 16.9. The number of aromatic nitrogens is 1. The first-order valence-electron chi connectivity index (χ1n) is 28.8. The van der Waals surface area contributed by atoms with Crippen LogP contribution in [0.25, 0.3) is 83.1 Å². The van der Waals surface area contributed by atoms with Crippen LogP contribution in [0.5, 0.6) is 0 Å². The molecule has 1 aromatic heterocycles. The van der Waals surface area contributed by atoms with E-state index in [1.54, 1.807) is 0 Å². The Morgan fingerprint density at radius 1 is 0.321 bits per heavy atom. The number of benzene rings is 12. The van der Waals surface area contributed by atoms with Gasteiger partial charge in [0.1, 0.15) is 0 Å². The largest absolute Gasteiger partial charge is 0.310 e. The van der Waals surface area contributed by atoms with Gasteiger partial charge in [-0.1, -0.05) is 251 Å². The van der Waals surface area contributed by atoms with Gasteiger partial charge in [0.25, 0.3) is 0 Å². The van der Waals surface area contributed by atoms with E-state index in [2.05, 4.69) is 315 Å². The Bertz CT molecular complexity index is 4260. The molecule has 0 radical (unpaired) electrons. The van der Waals surface area contributed by atoms with Gasteiger partial charge in [0, 0.05) is 33.4 Å². The Labute approximate surface area is 476 Å². The molecule has 388 valence electrons. The summed E-state index contributed by atoms with van der Waals surface area (Å²) in [5.41, 5.74) is 26.2. The van der Waals surface area contributed by atoms with Crippen LogP contribution in [0.3, 0.4) is 0 Å². The van der Waals surface area contributed by atoms with Crippen molar-refractivity contribution in [2.75, 3.05) is 4.90 Å². The number of fused-ring (bicyclic) bond motifs is 6. The fourth-order valence-electron chi connectivity index (χ4n) is 13.1. The summed E-state index contributed by atoms with van der Waals surface area (Å²) in [6.07, 6.45) is 4.46. The van der Waals surface area contributed by atoms with Crippen LogP contribution in [0, 0.1) is 0 Å². The highest BCUT2D eigenvalue weighted by Gasteiger charge is 2.46. The predicted molar refractivity (Wildman–Crippen MR) is 343 cm³/mol. The Balaban J connectivity index is 0.859. The molecular formula is C79H62N2. The minimum Gasteiger partial charge on any atom is -0.310 e. The van der Waals surface area contributed by atoms with E-state index in [4.69, 9.17) is 0 Å². The van der Waals surface area contributed by atoms with Gasteiger partial charge >= 0.3 is 0 Å². The first-order chi connectivity index (χ1) is 40.1. The standard InChI is InChI=1S/C79H62N2/c1-3-19-55-31-49-76-72(51-55)73-52-56(20-4-2)32-50-77(73)81(76)67-44-39-61(40-45-67)59-35-33-58(34-36-59)60-37-42-66(43-38-60)80(78-53-63(57-21-9-5-10-22-57)41-47-69(78)62-23-11-6-12-24-62)68-46-48-71-70-29-17-18-30-74(70)79(75(71)54-68,64-25-13-7-14-26-64)65-27-15-8-16-28-65/h5-18,21-54H,3-4,19-20H2,1-2H3. The van der Waals surface area contributed by atoms with Crippen LogP contribution < -0.4 is 4.90 Å². The fraction of sp³-hybridized carbons (Fsp3) is 0.0886. The molecule has 0 bridgehead atoms.